The Morgan fingerprint density at radius 1 is 1.53 bits per heavy atom. The van der Waals surface area contributed by atoms with Crippen molar-refractivity contribution in [1.82, 2.24) is 4.98 Å². The SMILES string of the molecule is CC1(Nc2ccnc(C(N)=S)c2)CCOCC1. The summed E-state index contributed by atoms with van der Waals surface area (Å²) in [5.74, 6) is 0. The fourth-order valence-corrected chi connectivity index (χ4v) is 2.05. The molecule has 2 rings (SSSR count). The smallest absolute Gasteiger partial charge is 0.122 e. The maximum absolute atomic E-state index is 5.57. The van der Waals surface area contributed by atoms with Gasteiger partial charge in [0.1, 0.15) is 4.99 Å². The van der Waals surface area contributed by atoms with Crippen molar-refractivity contribution in [1.29, 1.82) is 0 Å². The van der Waals surface area contributed by atoms with Crippen LogP contribution in [0, 0.1) is 0 Å². The van der Waals surface area contributed by atoms with Gasteiger partial charge < -0.3 is 15.8 Å². The largest absolute Gasteiger partial charge is 0.388 e. The van der Waals surface area contributed by atoms with Gasteiger partial charge >= 0.3 is 0 Å². The molecule has 3 N–H and O–H groups in total. The topological polar surface area (TPSA) is 60.2 Å². The minimum Gasteiger partial charge on any atom is -0.388 e. The molecule has 0 saturated carbocycles. The summed E-state index contributed by atoms with van der Waals surface area (Å²) in [6.07, 6.45) is 3.72. The maximum atomic E-state index is 5.57. The van der Waals surface area contributed by atoms with Gasteiger partial charge in [0.25, 0.3) is 0 Å². The summed E-state index contributed by atoms with van der Waals surface area (Å²) in [6, 6.07) is 3.82. The van der Waals surface area contributed by atoms with Crippen LogP contribution in [0.4, 0.5) is 5.69 Å². The highest BCUT2D eigenvalue weighted by Gasteiger charge is 2.26. The zero-order chi connectivity index (χ0) is 12.3. The van der Waals surface area contributed by atoms with Crippen molar-refractivity contribution in [2.75, 3.05) is 18.5 Å². The van der Waals surface area contributed by atoms with Crippen LogP contribution in [0.25, 0.3) is 0 Å². The zero-order valence-corrected chi connectivity index (χ0v) is 10.7. The molecule has 1 aromatic heterocycles. The predicted octanol–water partition coefficient (Wildman–Crippen LogP) is 1.70. The van der Waals surface area contributed by atoms with Gasteiger partial charge in [-0.1, -0.05) is 12.2 Å². The first-order chi connectivity index (χ1) is 8.09. The molecule has 4 nitrogen and oxygen atoms in total. The van der Waals surface area contributed by atoms with Crippen LogP contribution in [0.1, 0.15) is 25.5 Å². The normalized spacial score (nSPS) is 18.6. The summed E-state index contributed by atoms with van der Waals surface area (Å²) in [4.78, 5) is 4.45. The van der Waals surface area contributed by atoms with E-state index >= 15 is 0 Å². The Labute approximate surface area is 107 Å². The number of thiocarbonyl (C=S) groups is 1. The maximum Gasteiger partial charge on any atom is 0.122 e. The van der Waals surface area contributed by atoms with Crippen LogP contribution in [0.15, 0.2) is 18.3 Å². The number of nitrogens with zero attached hydrogens (tertiary/aromatic N) is 1. The van der Waals surface area contributed by atoms with Gasteiger partial charge in [-0.2, -0.15) is 0 Å². The average molecular weight is 251 g/mol. The Morgan fingerprint density at radius 2 is 2.24 bits per heavy atom. The number of hydrogen-bond donors (Lipinski definition) is 2. The van der Waals surface area contributed by atoms with E-state index in [1.54, 1.807) is 6.20 Å². The molecular weight excluding hydrogens is 234 g/mol. The summed E-state index contributed by atoms with van der Waals surface area (Å²) in [5, 5.41) is 3.52. The van der Waals surface area contributed by atoms with Gasteiger partial charge in [-0.15, -0.1) is 0 Å². The van der Waals surface area contributed by atoms with E-state index in [2.05, 4.69) is 17.2 Å². The first-order valence-electron chi connectivity index (χ1n) is 5.71. The van der Waals surface area contributed by atoms with E-state index in [-0.39, 0.29) is 5.54 Å². The van der Waals surface area contributed by atoms with E-state index in [4.69, 9.17) is 22.7 Å². The lowest BCUT2D eigenvalue weighted by atomic mass is 9.92. The van der Waals surface area contributed by atoms with Crippen LogP contribution >= 0.6 is 12.2 Å². The second-order valence-corrected chi connectivity index (χ2v) is 5.03. The van der Waals surface area contributed by atoms with Crippen molar-refractivity contribution in [3.8, 4) is 0 Å². The molecule has 2 heterocycles. The van der Waals surface area contributed by atoms with Crippen LogP contribution in [-0.4, -0.2) is 28.7 Å². The Balaban J connectivity index is 2.12. The third-order valence-electron chi connectivity index (χ3n) is 3.05. The van der Waals surface area contributed by atoms with E-state index in [1.807, 2.05) is 12.1 Å². The van der Waals surface area contributed by atoms with Crippen molar-refractivity contribution in [2.24, 2.45) is 5.73 Å². The Kier molecular flexibility index (Phi) is 3.59. The molecular formula is C12H17N3OS. The molecule has 1 saturated heterocycles. The lowest BCUT2D eigenvalue weighted by molar-refractivity contribution is 0.0658. The van der Waals surface area contributed by atoms with Crippen LogP contribution in [-0.2, 0) is 4.74 Å². The van der Waals surface area contributed by atoms with Crippen LogP contribution in [0.3, 0.4) is 0 Å². The molecule has 0 bridgehead atoms. The van der Waals surface area contributed by atoms with E-state index in [9.17, 15) is 0 Å². The number of hydrogen-bond acceptors (Lipinski definition) is 4. The fraction of sp³-hybridized carbons (Fsp3) is 0.500. The van der Waals surface area contributed by atoms with Crippen molar-refractivity contribution in [3.05, 3.63) is 24.0 Å². The number of pyridine rings is 1. The van der Waals surface area contributed by atoms with Crippen molar-refractivity contribution in [2.45, 2.75) is 25.3 Å². The second-order valence-electron chi connectivity index (χ2n) is 4.59. The first-order valence-corrected chi connectivity index (χ1v) is 6.12. The lowest BCUT2D eigenvalue weighted by Gasteiger charge is -2.35. The summed E-state index contributed by atoms with van der Waals surface area (Å²) in [7, 11) is 0. The van der Waals surface area contributed by atoms with Crippen molar-refractivity contribution < 1.29 is 4.74 Å². The minimum atomic E-state index is 0.0765. The number of rotatable bonds is 3. The number of ether oxygens (including phenoxy) is 1. The molecule has 92 valence electrons. The predicted molar refractivity (Wildman–Crippen MR) is 72.2 cm³/mol. The van der Waals surface area contributed by atoms with E-state index in [0.717, 1.165) is 31.7 Å². The molecule has 1 fully saturated rings. The number of nitrogens with one attached hydrogen (secondary N) is 1. The lowest BCUT2D eigenvalue weighted by Crippen LogP contribution is -2.40. The summed E-state index contributed by atoms with van der Waals surface area (Å²) >= 11 is 4.92. The number of aromatic nitrogens is 1. The van der Waals surface area contributed by atoms with Crippen molar-refractivity contribution >= 4 is 22.9 Å². The monoisotopic (exact) mass is 251 g/mol. The van der Waals surface area contributed by atoms with Crippen LogP contribution < -0.4 is 11.1 Å². The van der Waals surface area contributed by atoms with Gasteiger partial charge in [0.15, 0.2) is 0 Å². The molecule has 0 aromatic carbocycles. The molecule has 1 aliphatic rings. The Bertz CT molecular complexity index is 416. The molecule has 17 heavy (non-hydrogen) atoms. The van der Waals surface area contributed by atoms with Gasteiger partial charge in [0.05, 0.1) is 5.69 Å². The van der Waals surface area contributed by atoms with E-state index in [0.29, 0.717) is 10.7 Å². The molecule has 5 heteroatoms. The Hall–Kier alpha value is -1.20. The molecule has 0 unspecified atom stereocenters. The summed E-state index contributed by atoms with van der Waals surface area (Å²) < 4.78 is 5.37. The average Bonchev–Trinajstić information content (AvgIpc) is 2.29. The molecule has 0 atom stereocenters. The summed E-state index contributed by atoms with van der Waals surface area (Å²) in [6.45, 7) is 3.81. The van der Waals surface area contributed by atoms with Crippen LogP contribution in [0.5, 0.6) is 0 Å². The molecule has 0 amide bonds. The van der Waals surface area contributed by atoms with E-state index in [1.165, 1.54) is 0 Å². The number of nitrogens with two attached hydrogens (primary N) is 1. The quantitative estimate of drug-likeness (QED) is 0.801. The van der Waals surface area contributed by atoms with Gasteiger partial charge in [-0.25, -0.2) is 0 Å². The minimum absolute atomic E-state index is 0.0765. The molecule has 1 aliphatic heterocycles. The zero-order valence-electron chi connectivity index (χ0n) is 9.90. The molecule has 0 spiro atoms. The fourth-order valence-electron chi connectivity index (χ4n) is 1.94. The standard InChI is InChI=1S/C12H17N3OS/c1-12(3-6-16-7-4-12)15-9-2-5-14-10(8-9)11(13)17/h2,5,8H,3-4,6-7H2,1H3,(H2,13,17)(H,14,15). The van der Waals surface area contributed by atoms with Crippen molar-refractivity contribution in [3.63, 3.8) is 0 Å². The van der Waals surface area contributed by atoms with Gasteiger partial charge in [-0.05, 0) is 31.9 Å². The van der Waals surface area contributed by atoms with E-state index < -0.39 is 0 Å². The number of anilines is 1. The summed E-state index contributed by atoms with van der Waals surface area (Å²) in [5.41, 5.74) is 7.31. The third-order valence-corrected chi connectivity index (χ3v) is 3.26. The highest BCUT2D eigenvalue weighted by Crippen LogP contribution is 2.25. The highest BCUT2D eigenvalue weighted by molar-refractivity contribution is 7.80. The highest BCUT2D eigenvalue weighted by atomic mass is 32.1. The van der Waals surface area contributed by atoms with Gasteiger partial charge in [0.2, 0.25) is 0 Å². The Morgan fingerprint density at radius 3 is 2.88 bits per heavy atom. The van der Waals surface area contributed by atoms with Gasteiger partial charge in [0, 0.05) is 30.6 Å². The molecule has 0 radical (unpaired) electrons. The molecule has 1 aromatic rings. The van der Waals surface area contributed by atoms with Crippen LogP contribution in [0.2, 0.25) is 0 Å². The molecule has 0 aliphatic carbocycles. The first kappa shape index (κ1) is 12.3. The second kappa shape index (κ2) is 4.98. The van der Waals surface area contributed by atoms with Gasteiger partial charge in [-0.3, -0.25) is 4.98 Å². The third kappa shape index (κ3) is 3.14.